The van der Waals surface area contributed by atoms with Gasteiger partial charge in [0.05, 0.1) is 0 Å². The number of hydrogen-bond acceptors (Lipinski definition) is 2. The van der Waals surface area contributed by atoms with E-state index in [0.29, 0.717) is 18.3 Å². The van der Waals surface area contributed by atoms with E-state index < -0.39 is 12.0 Å². The molecule has 1 aliphatic rings. The van der Waals surface area contributed by atoms with E-state index >= 15 is 0 Å². The third-order valence-electron chi connectivity index (χ3n) is 2.99. The first-order chi connectivity index (χ1) is 7.59. The van der Waals surface area contributed by atoms with Crippen molar-refractivity contribution in [3.8, 4) is 0 Å². The van der Waals surface area contributed by atoms with Crippen LogP contribution in [-0.2, 0) is 4.79 Å². The van der Waals surface area contributed by atoms with Crippen molar-refractivity contribution in [2.24, 2.45) is 11.8 Å². The van der Waals surface area contributed by atoms with Gasteiger partial charge in [-0.25, -0.2) is 0 Å². The van der Waals surface area contributed by atoms with E-state index in [9.17, 15) is 4.79 Å². The summed E-state index contributed by atoms with van der Waals surface area (Å²) in [7, 11) is 0. The van der Waals surface area contributed by atoms with Gasteiger partial charge in [-0.15, -0.1) is 0 Å². The summed E-state index contributed by atoms with van der Waals surface area (Å²) < 4.78 is 0. The minimum Gasteiger partial charge on any atom is -0.480 e. The molecule has 0 aliphatic heterocycles. The highest BCUT2D eigenvalue weighted by Gasteiger charge is 2.19. The van der Waals surface area contributed by atoms with E-state index in [4.69, 9.17) is 5.11 Å². The van der Waals surface area contributed by atoms with Crippen molar-refractivity contribution in [1.82, 2.24) is 5.32 Å². The Morgan fingerprint density at radius 3 is 2.81 bits per heavy atom. The first kappa shape index (κ1) is 13.2. The van der Waals surface area contributed by atoms with Crippen molar-refractivity contribution in [3.05, 3.63) is 12.2 Å². The molecule has 0 fully saturated rings. The van der Waals surface area contributed by atoms with E-state index in [2.05, 4.69) is 31.3 Å². The Bertz CT molecular complexity index is 248. The molecule has 3 nitrogen and oxygen atoms in total. The van der Waals surface area contributed by atoms with Gasteiger partial charge in [0.25, 0.3) is 0 Å². The van der Waals surface area contributed by atoms with Crippen LogP contribution in [0.4, 0.5) is 0 Å². The summed E-state index contributed by atoms with van der Waals surface area (Å²) in [6.07, 6.45) is 8.69. The minimum absolute atomic E-state index is 0.393. The van der Waals surface area contributed by atoms with Crippen LogP contribution in [0.25, 0.3) is 0 Å². The van der Waals surface area contributed by atoms with Crippen LogP contribution in [0.15, 0.2) is 12.2 Å². The molecule has 1 rings (SSSR count). The summed E-state index contributed by atoms with van der Waals surface area (Å²) in [5.41, 5.74) is 0. The van der Waals surface area contributed by atoms with Gasteiger partial charge >= 0.3 is 5.97 Å². The van der Waals surface area contributed by atoms with Gasteiger partial charge in [0.15, 0.2) is 0 Å². The van der Waals surface area contributed by atoms with Crippen LogP contribution in [-0.4, -0.2) is 23.7 Å². The second-order valence-electron chi connectivity index (χ2n) is 5.05. The molecule has 0 heterocycles. The average molecular weight is 225 g/mol. The molecule has 3 heteroatoms. The molecule has 0 aromatic carbocycles. The predicted octanol–water partition coefficient (Wildman–Crippen LogP) is 2.43. The number of carboxylic acid groups (broad SMARTS) is 1. The van der Waals surface area contributed by atoms with E-state index in [1.165, 1.54) is 19.3 Å². The van der Waals surface area contributed by atoms with Crippen LogP contribution in [0.5, 0.6) is 0 Å². The molecule has 0 amide bonds. The van der Waals surface area contributed by atoms with Crippen LogP contribution in [0, 0.1) is 11.8 Å². The Balaban J connectivity index is 2.34. The average Bonchev–Trinajstić information content (AvgIpc) is 2.25. The van der Waals surface area contributed by atoms with Crippen LogP contribution < -0.4 is 5.32 Å². The fraction of sp³-hybridized carbons (Fsp3) is 0.769. The summed E-state index contributed by atoms with van der Waals surface area (Å²) in [5.74, 6) is 0.201. The van der Waals surface area contributed by atoms with Crippen molar-refractivity contribution in [2.75, 3.05) is 6.54 Å². The molecule has 0 saturated heterocycles. The standard InChI is InChI=1S/C13H23NO2/c1-10(2)8-12(13(15)16)14-9-11-6-4-3-5-7-11/h4,6,10-12,14H,3,5,7-9H2,1-2H3,(H,15,16). The highest BCUT2D eigenvalue weighted by molar-refractivity contribution is 5.73. The molecule has 16 heavy (non-hydrogen) atoms. The smallest absolute Gasteiger partial charge is 0.320 e. The quantitative estimate of drug-likeness (QED) is 0.683. The summed E-state index contributed by atoms with van der Waals surface area (Å²) >= 11 is 0. The molecular formula is C13H23NO2. The molecule has 0 bridgehead atoms. The summed E-state index contributed by atoms with van der Waals surface area (Å²) in [5, 5.41) is 12.2. The largest absolute Gasteiger partial charge is 0.480 e. The van der Waals surface area contributed by atoms with Crippen molar-refractivity contribution >= 4 is 5.97 Å². The topological polar surface area (TPSA) is 49.3 Å². The van der Waals surface area contributed by atoms with Gasteiger partial charge in [-0.1, -0.05) is 26.0 Å². The number of carbonyl (C=O) groups is 1. The Labute approximate surface area is 97.9 Å². The molecule has 2 atom stereocenters. The van der Waals surface area contributed by atoms with Crippen LogP contribution in [0.3, 0.4) is 0 Å². The zero-order chi connectivity index (χ0) is 12.0. The van der Waals surface area contributed by atoms with Gasteiger partial charge in [-0.05, 0) is 37.5 Å². The molecular weight excluding hydrogens is 202 g/mol. The van der Waals surface area contributed by atoms with Crippen molar-refractivity contribution in [1.29, 1.82) is 0 Å². The van der Waals surface area contributed by atoms with E-state index in [0.717, 1.165) is 6.54 Å². The Hall–Kier alpha value is -0.830. The van der Waals surface area contributed by atoms with Crippen molar-refractivity contribution in [2.45, 2.75) is 45.6 Å². The van der Waals surface area contributed by atoms with Gasteiger partial charge < -0.3 is 10.4 Å². The molecule has 2 unspecified atom stereocenters. The van der Waals surface area contributed by atoms with Crippen LogP contribution in [0.2, 0.25) is 0 Å². The lowest BCUT2D eigenvalue weighted by atomic mass is 9.95. The lowest BCUT2D eigenvalue weighted by Crippen LogP contribution is -2.40. The fourth-order valence-electron chi connectivity index (χ4n) is 2.09. The summed E-state index contributed by atoms with van der Waals surface area (Å²) in [4.78, 5) is 11.0. The van der Waals surface area contributed by atoms with Gasteiger partial charge in [0, 0.05) is 6.54 Å². The van der Waals surface area contributed by atoms with Gasteiger partial charge in [-0.3, -0.25) is 4.79 Å². The second-order valence-corrected chi connectivity index (χ2v) is 5.05. The van der Waals surface area contributed by atoms with Crippen molar-refractivity contribution in [3.63, 3.8) is 0 Å². The van der Waals surface area contributed by atoms with E-state index in [1.807, 2.05) is 0 Å². The predicted molar refractivity (Wildman–Crippen MR) is 65.4 cm³/mol. The third-order valence-corrected chi connectivity index (χ3v) is 2.99. The maximum atomic E-state index is 11.0. The zero-order valence-corrected chi connectivity index (χ0v) is 10.3. The van der Waals surface area contributed by atoms with Gasteiger partial charge in [-0.2, -0.15) is 0 Å². The van der Waals surface area contributed by atoms with E-state index in [1.54, 1.807) is 0 Å². The molecule has 1 aliphatic carbocycles. The maximum absolute atomic E-state index is 11.0. The minimum atomic E-state index is -0.728. The highest BCUT2D eigenvalue weighted by atomic mass is 16.4. The fourth-order valence-corrected chi connectivity index (χ4v) is 2.09. The number of carboxylic acids is 1. The summed E-state index contributed by atoms with van der Waals surface area (Å²) in [6, 6.07) is -0.393. The first-order valence-corrected chi connectivity index (χ1v) is 6.22. The highest BCUT2D eigenvalue weighted by Crippen LogP contribution is 2.16. The van der Waals surface area contributed by atoms with Gasteiger partial charge in [0.2, 0.25) is 0 Å². The SMILES string of the molecule is CC(C)CC(NCC1C=CCCC1)C(=O)O. The molecule has 92 valence electrons. The number of hydrogen-bond donors (Lipinski definition) is 2. The number of nitrogens with one attached hydrogen (secondary N) is 1. The molecule has 0 aromatic heterocycles. The zero-order valence-electron chi connectivity index (χ0n) is 10.3. The third kappa shape index (κ3) is 4.79. The molecule has 2 N–H and O–H groups in total. The Kier molecular flexibility index (Phi) is 5.53. The first-order valence-electron chi connectivity index (χ1n) is 6.22. The number of allylic oxidation sites excluding steroid dienone is 1. The van der Waals surface area contributed by atoms with Crippen LogP contribution in [0.1, 0.15) is 39.5 Å². The molecule has 0 saturated carbocycles. The lowest BCUT2D eigenvalue weighted by molar-refractivity contribution is -0.139. The number of aliphatic carboxylic acids is 1. The van der Waals surface area contributed by atoms with E-state index in [-0.39, 0.29) is 0 Å². The number of rotatable bonds is 6. The lowest BCUT2D eigenvalue weighted by Gasteiger charge is -2.21. The summed E-state index contributed by atoms with van der Waals surface area (Å²) in [6.45, 7) is 4.90. The maximum Gasteiger partial charge on any atom is 0.320 e. The Morgan fingerprint density at radius 2 is 2.31 bits per heavy atom. The Morgan fingerprint density at radius 1 is 1.56 bits per heavy atom. The van der Waals surface area contributed by atoms with Crippen LogP contribution >= 0.6 is 0 Å². The second kappa shape index (κ2) is 6.69. The molecule has 0 aromatic rings. The normalized spacial score (nSPS) is 22.3. The molecule has 0 radical (unpaired) electrons. The molecule has 0 spiro atoms. The van der Waals surface area contributed by atoms with Gasteiger partial charge in [0.1, 0.15) is 6.04 Å². The van der Waals surface area contributed by atoms with Crippen molar-refractivity contribution < 1.29 is 9.90 Å². The monoisotopic (exact) mass is 225 g/mol.